The molecule has 1 aromatic rings. The van der Waals surface area contributed by atoms with Crippen molar-refractivity contribution in [3.63, 3.8) is 0 Å². The maximum atomic E-state index is 13.2. The van der Waals surface area contributed by atoms with Crippen molar-refractivity contribution in [3.8, 4) is 6.07 Å². The Bertz CT molecular complexity index is 391. The molecule has 1 N–H and O–H groups in total. The van der Waals surface area contributed by atoms with Gasteiger partial charge in [-0.1, -0.05) is 18.2 Å². The molecule has 1 rings (SSSR count). The van der Waals surface area contributed by atoms with Gasteiger partial charge in [-0.05, 0) is 37.7 Å². The summed E-state index contributed by atoms with van der Waals surface area (Å²) in [6, 6.07) is 6.39. The minimum absolute atomic E-state index is 0.0855. The summed E-state index contributed by atoms with van der Waals surface area (Å²) < 4.78 is 13.2. The van der Waals surface area contributed by atoms with E-state index in [1.165, 1.54) is 12.1 Å². The average Bonchev–Trinajstić information content (AvgIpc) is 2.25. The van der Waals surface area contributed by atoms with Crippen LogP contribution in [0.3, 0.4) is 0 Å². The third-order valence-electron chi connectivity index (χ3n) is 1.98. The van der Waals surface area contributed by atoms with Crippen molar-refractivity contribution >= 4 is 6.08 Å². The molecule has 0 amide bonds. The van der Waals surface area contributed by atoms with Crippen molar-refractivity contribution in [1.29, 1.82) is 5.26 Å². The Kier molecular flexibility index (Phi) is 4.52. The number of halogens is 1. The fraction of sp³-hybridized carbons (Fsp3) is 0.250. The molecule has 0 unspecified atom stereocenters. The summed E-state index contributed by atoms with van der Waals surface area (Å²) in [5, 5.41) is 11.6. The van der Waals surface area contributed by atoms with Gasteiger partial charge in [-0.2, -0.15) is 5.26 Å². The summed E-state index contributed by atoms with van der Waals surface area (Å²) in [7, 11) is 1.88. The van der Waals surface area contributed by atoms with Crippen molar-refractivity contribution in [2.45, 2.75) is 6.42 Å². The van der Waals surface area contributed by atoms with Gasteiger partial charge in [0.15, 0.2) is 0 Å². The summed E-state index contributed by atoms with van der Waals surface area (Å²) >= 11 is 0. The molecule has 0 saturated heterocycles. The predicted molar refractivity (Wildman–Crippen MR) is 58.7 cm³/mol. The van der Waals surface area contributed by atoms with E-state index in [-0.39, 0.29) is 5.56 Å². The molecule has 0 aliphatic carbocycles. The first-order chi connectivity index (χ1) is 7.27. The molecular weight excluding hydrogens is 191 g/mol. The Hall–Kier alpha value is -1.66. The molecule has 3 heteroatoms. The monoisotopic (exact) mass is 204 g/mol. The number of hydrogen-bond donors (Lipinski definition) is 1. The number of nitriles is 1. The largest absolute Gasteiger partial charge is 0.319 e. The highest BCUT2D eigenvalue weighted by atomic mass is 19.1. The zero-order valence-electron chi connectivity index (χ0n) is 8.63. The van der Waals surface area contributed by atoms with Gasteiger partial charge < -0.3 is 5.32 Å². The van der Waals surface area contributed by atoms with Crippen LogP contribution in [-0.2, 0) is 0 Å². The van der Waals surface area contributed by atoms with Crippen molar-refractivity contribution in [3.05, 3.63) is 41.2 Å². The molecule has 0 atom stereocenters. The minimum atomic E-state index is -0.465. The zero-order valence-corrected chi connectivity index (χ0v) is 8.63. The summed E-state index contributed by atoms with van der Waals surface area (Å²) in [6.07, 6.45) is 4.72. The highest BCUT2D eigenvalue weighted by Crippen LogP contribution is 2.10. The van der Waals surface area contributed by atoms with Gasteiger partial charge >= 0.3 is 0 Å². The lowest BCUT2D eigenvalue weighted by Crippen LogP contribution is -2.05. The molecule has 0 heterocycles. The smallest absolute Gasteiger partial charge is 0.141 e. The van der Waals surface area contributed by atoms with Crippen LogP contribution in [0, 0.1) is 17.1 Å². The van der Waals surface area contributed by atoms with E-state index in [0.29, 0.717) is 0 Å². The van der Waals surface area contributed by atoms with E-state index >= 15 is 0 Å². The van der Waals surface area contributed by atoms with Crippen molar-refractivity contribution in [2.24, 2.45) is 0 Å². The van der Waals surface area contributed by atoms with E-state index < -0.39 is 5.82 Å². The van der Waals surface area contributed by atoms with Gasteiger partial charge in [-0.15, -0.1) is 0 Å². The molecule has 0 bridgehead atoms. The molecule has 0 aliphatic heterocycles. The van der Waals surface area contributed by atoms with Gasteiger partial charge in [-0.25, -0.2) is 4.39 Å². The van der Waals surface area contributed by atoms with Crippen LogP contribution in [-0.4, -0.2) is 13.6 Å². The average molecular weight is 204 g/mol. The molecule has 1 aromatic carbocycles. The molecule has 2 nitrogen and oxygen atoms in total. The van der Waals surface area contributed by atoms with Crippen molar-refractivity contribution < 1.29 is 4.39 Å². The standard InChI is InChI=1S/C12H13FN2/c1-15-7-3-2-4-10-5-6-11(9-14)12(13)8-10/h2,4-6,8,15H,3,7H2,1H3. The summed E-state index contributed by atoms with van der Waals surface area (Å²) in [4.78, 5) is 0. The zero-order chi connectivity index (χ0) is 11.1. The van der Waals surface area contributed by atoms with Crippen LogP contribution in [0.15, 0.2) is 24.3 Å². The van der Waals surface area contributed by atoms with Gasteiger partial charge in [-0.3, -0.25) is 0 Å². The molecule has 0 saturated carbocycles. The molecule has 0 fully saturated rings. The minimum Gasteiger partial charge on any atom is -0.319 e. The summed E-state index contributed by atoms with van der Waals surface area (Å²) in [6.45, 7) is 0.898. The van der Waals surface area contributed by atoms with E-state index in [4.69, 9.17) is 5.26 Å². The van der Waals surface area contributed by atoms with Gasteiger partial charge in [0.05, 0.1) is 5.56 Å². The third-order valence-corrected chi connectivity index (χ3v) is 1.98. The molecule has 0 aliphatic rings. The topological polar surface area (TPSA) is 35.8 Å². The first kappa shape index (κ1) is 11.4. The molecule has 78 valence electrons. The van der Waals surface area contributed by atoms with Crippen LogP contribution in [0.2, 0.25) is 0 Å². The Labute approximate surface area is 89.0 Å². The van der Waals surface area contributed by atoms with E-state index in [1.54, 1.807) is 12.1 Å². The van der Waals surface area contributed by atoms with Crippen LogP contribution >= 0.6 is 0 Å². The Balaban J connectivity index is 2.68. The maximum Gasteiger partial charge on any atom is 0.141 e. The first-order valence-corrected chi connectivity index (χ1v) is 4.78. The molecule has 0 spiro atoms. The van der Waals surface area contributed by atoms with Crippen molar-refractivity contribution in [2.75, 3.05) is 13.6 Å². The molecule has 0 radical (unpaired) electrons. The van der Waals surface area contributed by atoms with E-state index in [9.17, 15) is 4.39 Å². The van der Waals surface area contributed by atoms with Crippen LogP contribution in [0.5, 0.6) is 0 Å². The van der Waals surface area contributed by atoms with E-state index in [0.717, 1.165) is 18.5 Å². The molecular formula is C12H13FN2. The number of hydrogen-bond acceptors (Lipinski definition) is 2. The predicted octanol–water partition coefficient (Wildman–Crippen LogP) is 2.32. The third kappa shape index (κ3) is 3.53. The summed E-state index contributed by atoms with van der Waals surface area (Å²) in [5.74, 6) is -0.465. The van der Waals surface area contributed by atoms with Gasteiger partial charge in [0, 0.05) is 0 Å². The maximum absolute atomic E-state index is 13.2. The second kappa shape index (κ2) is 5.94. The lowest BCUT2D eigenvalue weighted by atomic mass is 10.1. The second-order valence-corrected chi connectivity index (χ2v) is 3.15. The normalized spacial score (nSPS) is 10.5. The lowest BCUT2D eigenvalue weighted by Gasteiger charge is -1.96. The number of nitrogens with one attached hydrogen (secondary N) is 1. The quantitative estimate of drug-likeness (QED) is 0.764. The van der Waals surface area contributed by atoms with Crippen LogP contribution < -0.4 is 5.32 Å². The van der Waals surface area contributed by atoms with Gasteiger partial charge in [0.1, 0.15) is 11.9 Å². The number of benzene rings is 1. The molecule has 15 heavy (non-hydrogen) atoms. The molecule has 0 aromatic heterocycles. The second-order valence-electron chi connectivity index (χ2n) is 3.15. The SMILES string of the molecule is CNCCC=Cc1ccc(C#N)c(F)c1. The highest BCUT2D eigenvalue weighted by molar-refractivity contribution is 5.51. The number of nitrogens with zero attached hydrogens (tertiary/aromatic N) is 1. The fourth-order valence-electron chi connectivity index (χ4n) is 1.17. The Morgan fingerprint density at radius 2 is 2.33 bits per heavy atom. The van der Waals surface area contributed by atoms with Crippen LogP contribution in [0.1, 0.15) is 17.5 Å². The highest BCUT2D eigenvalue weighted by Gasteiger charge is 1.99. The first-order valence-electron chi connectivity index (χ1n) is 4.78. The van der Waals surface area contributed by atoms with Gasteiger partial charge in [0.25, 0.3) is 0 Å². The number of rotatable bonds is 4. The van der Waals surface area contributed by atoms with Crippen LogP contribution in [0.25, 0.3) is 6.08 Å². The fourth-order valence-corrected chi connectivity index (χ4v) is 1.17. The van der Waals surface area contributed by atoms with Gasteiger partial charge in [0.2, 0.25) is 0 Å². The summed E-state index contributed by atoms with van der Waals surface area (Å²) in [5.41, 5.74) is 0.866. The van der Waals surface area contributed by atoms with E-state index in [1.807, 2.05) is 19.2 Å². The van der Waals surface area contributed by atoms with Crippen molar-refractivity contribution in [1.82, 2.24) is 5.32 Å². The van der Waals surface area contributed by atoms with Crippen LogP contribution in [0.4, 0.5) is 4.39 Å². The lowest BCUT2D eigenvalue weighted by molar-refractivity contribution is 0.623. The van der Waals surface area contributed by atoms with E-state index in [2.05, 4.69) is 5.32 Å². The Morgan fingerprint density at radius 3 is 2.93 bits per heavy atom. The Morgan fingerprint density at radius 1 is 1.53 bits per heavy atom.